The molecule has 0 atom stereocenters. The average Bonchev–Trinajstić information content (AvgIpc) is 3.27. The first-order chi connectivity index (χ1) is 10.3. The van der Waals surface area contributed by atoms with Crippen LogP contribution in [0.4, 0.5) is 13.2 Å². The van der Waals surface area contributed by atoms with Gasteiger partial charge in [-0.3, -0.25) is 25.2 Å². The van der Waals surface area contributed by atoms with Crippen LogP contribution < -0.4 is 16.2 Å². The van der Waals surface area contributed by atoms with Crippen molar-refractivity contribution in [3.8, 4) is 0 Å². The molecule has 0 heterocycles. The molecule has 22 heavy (non-hydrogen) atoms. The van der Waals surface area contributed by atoms with Crippen LogP contribution in [0.15, 0.2) is 24.3 Å². The van der Waals surface area contributed by atoms with E-state index in [2.05, 4.69) is 5.32 Å². The summed E-state index contributed by atoms with van der Waals surface area (Å²) in [5.41, 5.74) is 2.86. The fourth-order valence-corrected chi connectivity index (χ4v) is 1.53. The van der Waals surface area contributed by atoms with Crippen molar-refractivity contribution in [2.24, 2.45) is 0 Å². The van der Waals surface area contributed by atoms with Crippen LogP contribution in [0.1, 0.15) is 28.8 Å². The smallest absolute Gasteiger partial charge is 0.345 e. The van der Waals surface area contributed by atoms with E-state index >= 15 is 0 Å². The fraction of sp³-hybridized carbons (Fsp3) is 0.308. The van der Waals surface area contributed by atoms with Gasteiger partial charge in [-0.2, -0.15) is 13.2 Å². The topological polar surface area (TPSA) is 87.3 Å². The maximum atomic E-state index is 12.4. The Morgan fingerprint density at radius 1 is 0.955 bits per heavy atom. The molecule has 1 aromatic rings. The minimum atomic E-state index is -4.50. The van der Waals surface area contributed by atoms with Crippen molar-refractivity contribution in [3.63, 3.8) is 0 Å². The molecule has 6 nitrogen and oxygen atoms in total. The van der Waals surface area contributed by atoms with Crippen LogP contribution in [0.2, 0.25) is 0 Å². The SMILES string of the molecule is O=C(NNC(=O)c1ccc(C(F)(F)F)cc1)C(=O)NC1CC1. The number of hydrogen-bond donors (Lipinski definition) is 3. The molecule has 1 aliphatic carbocycles. The van der Waals surface area contributed by atoms with E-state index in [0.717, 1.165) is 37.1 Å². The lowest BCUT2D eigenvalue weighted by Crippen LogP contribution is -2.48. The van der Waals surface area contributed by atoms with E-state index in [4.69, 9.17) is 0 Å². The molecule has 1 saturated carbocycles. The van der Waals surface area contributed by atoms with Gasteiger partial charge < -0.3 is 5.32 Å². The lowest BCUT2D eigenvalue weighted by atomic mass is 10.1. The zero-order chi connectivity index (χ0) is 16.3. The van der Waals surface area contributed by atoms with Crippen LogP contribution >= 0.6 is 0 Å². The summed E-state index contributed by atoms with van der Waals surface area (Å²) in [4.78, 5) is 34.3. The first kappa shape index (κ1) is 15.8. The van der Waals surface area contributed by atoms with Crippen LogP contribution in [0.25, 0.3) is 0 Å². The van der Waals surface area contributed by atoms with Crippen LogP contribution in [0.3, 0.4) is 0 Å². The Labute approximate surface area is 123 Å². The van der Waals surface area contributed by atoms with Gasteiger partial charge in [0.15, 0.2) is 0 Å². The van der Waals surface area contributed by atoms with E-state index in [9.17, 15) is 27.6 Å². The second-order valence-electron chi connectivity index (χ2n) is 4.73. The van der Waals surface area contributed by atoms with Gasteiger partial charge >= 0.3 is 18.0 Å². The van der Waals surface area contributed by atoms with Gasteiger partial charge in [0.05, 0.1) is 5.56 Å². The molecule has 9 heteroatoms. The Kier molecular flexibility index (Phi) is 4.34. The van der Waals surface area contributed by atoms with Crippen molar-refractivity contribution in [2.45, 2.75) is 25.1 Å². The fourth-order valence-electron chi connectivity index (χ4n) is 1.53. The predicted octanol–water partition coefficient (Wildman–Crippen LogP) is 0.745. The molecule has 0 unspecified atom stereocenters. The largest absolute Gasteiger partial charge is 0.416 e. The molecule has 0 radical (unpaired) electrons. The molecule has 0 saturated heterocycles. The minimum absolute atomic E-state index is 0.0103. The number of nitrogens with one attached hydrogen (secondary N) is 3. The third-order valence-corrected chi connectivity index (χ3v) is 2.88. The summed E-state index contributed by atoms with van der Waals surface area (Å²) in [5.74, 6) is -2.76. The Morgan fingerprint density at radius 3 is 2.05 bits per heavy atom. The number of halogens is 3. The summed E-state index contributed by atoms with van der Waals surface area (Å²) >= 11 is 0. The van der Waals surface area contributed by atoms with Crippen molar-refractivity contribution >= 4 is 17.7 Å². The van der Waals surface area contributed by atoms with Gasteiger partial charge in [-0.15, -0.1) is 0 Å². The lowest BCUT2D eigenvalue weighted by molar-refractivity contribution is -0.139. The number of hydrazine groups is 1. The van der Waals surface area contributed by atoms with Crippen LogP contribution in [0.5, 0.6) is 0 Å². The number of carbonyl (C=O) groups is 3. The van der Waals surface area contributed by atoms with E-state index in [1.807, 2.05) is 10.9 Å². The van der Waals surface area contributed by atoms with Gasteiger partial charge in [-0.05, 0) is 37.1 Å². The summed E-state index contributed by atoms with van der Waals surface area (Å²) in [7, 11) is 0. The van der Waals surface area contributed by atoms with Gasteiger partial charge in [-0.1, -0.05) is 0 Å². The predicted molar refractivity (Wildman–Crippen MR) is 68.2 cm³/mol. The lowest BCUT2D eigenvalue weighted by Gasteiger charge is -2.09. The van der Waals surface area contributed by atoms with Crippen LogP contribution in [-0.4, -0.2) is 23.8 Å². The molecule has 1 aromatic carbocycles. The van der Waals surface area contributed by atoms with Crippen molar-refractivity contribution in [3.05, 3.63) is 35.4 Å². The number of carbonyl (C=O) groups excluding carboxylic acids is 3. The molecular weight excluding hydrogens is 303 g/mol. The molecule has 2 rings (SSSR count). The molecule has 118 valence electrons. The normalized spacial score (nSPS) is 14.1. The number of benzene rings is 1. The number of hydrogen-bond acceptors (Lipinski definition) is 3. The highest BCUT2D eigenvalue weighted by Gasteiger charge is 2.30. The Balaban J connectivity index is 1.86. The van der Waals surface area contributed by atoms with Crippen molar-refractivity contribution < 1.29 is 27.6 Å². The van der Waals surface area contributed by atoms with Gasteiger partial charge in [0, 0.05) is 11.6 Å². The van der Waals surface area contributed by atoms with E-state index in [0.29, 0.717) is 0 Å². The van der Waals surface area contributed by atoms with Crippen molar-refractivity contribution in [2.75, 3.05) is 0 Å². The number of rotatable bonds is 2. The van der Waals surface area contributed by atoms with Gasteiger partial charge in [0.2, 0.25) is 0 Å². The van der Waals surface area contributed by atoms with Gasteiger partial charge in [0.25, 0.3) is 5.91 Å². The first-order valence-corrected chi connectivity index (χ1v) is 6.36. The van der Waals surface area contributed by atoms with Crippen LogP contribution in [-0.2, 0) is 15.8 Å². The molecule has 0 spiro atoms. The summed E-state index contributed by atoms with van der Waals surface area (Å²) in [6.07, 6.45) is -2.89. The molecule has 3 N–H and O–H groups in total. The number of amides is 3. The Bertz CT molecular complexity index is 595. The molecule has 1 fully saturated rings. The van der Waals surface area contributed by atoms with E-state index in [1.54, 1.807) is 0 Å². The highest BCUT2D eigenvalue weighted by Crippen LogP contribution is 2.29. The van der Waals surface area contributed by atoms with Gasteiger partial charge in [0.1, 0.15) is 0 Å². The monoisotopic (exact) mass is 315 g/mol. The molecule has 3 amide bonds. The van der Waals surface area contributed by atoms with E-state index < -0.39 is 29.5 Å². The Hall–Kier alpha value is -2.58. The Morgan fingerprint density at radius 2 is 1.55 bits per heavy atom. The maximum Gasteiger partial charge on any atom is 0.416 e. The quantitative estimate of drug-likeness (QED) is 0.556. The molecule has 0 aliphatic heterocycles. The third kappa shape index (κ3) is 4.21. The highest BCUT2D eigenvalue weighted by molar-refractivity contribution is 6.35. The van der Waals surface area contributed by atoms with E-state index in [-0.39, 0.29) is 11.6 Å². The minimum Gasteiger partial charge on any atom is -0.345 e. The molecular formula is C13H12F3N3O3. The summed E-state index contributed by atoms with van der Waals surface area (Å²) in [6.45, 7) is 0. The zero-order valence-corrected chi connectivity index (χ0v) is 11.2. The van der Waals surface area contributed by atoms with E-state index in [1.165, 1.54) is 0 Å². The second kappa shape index (κ2) is 6.04. The maximum absolute atomic E-state index is 12.4. The van der Waals surface area contributed by atoms with Crippen molar-refractivity contribution in [1.29, 1.82) is 0 Å². The molecule has 1 aliphatic rings. The molecule has 0 bridgehead atoms. The molecule has 0 aromatic heterocycles. The van der Waals surface area contributed by atoms with Crippen LogP contribution in [0, 0.1) is 0 Å². The highest BCUT2D eigenvalue weighted by atomic mass is 19.4. The zero-order valence-electron chi connectivity index (χ0n) is 11.2. The average molecular weight is 315 g/mol. The third-order valence-electron chi connectivity index (χ3n) is 2.88. The van der Waals surface area contributed by atoms with Crippen molar-refractivity contribution in [1.82, 2.24) is 16.2 Å². The summed E-state index contributed by atoms with van der Waals surface area (Å²) < 4.78 is 37.1. The number of alkyl halides is 3. The standard InChI is InChI=1S/C13H12F3N3O3/c14-13(15,16)8-3-1-7(2-4-8)10(20)18-19-12(22)11(21)17-9-5-6-9/h1-4,9H,5-6H2,(H,17,21)(H,18,20)(H,19,22). The summed E-state index contributed by atoms with van der Waals surface area (Å²) in [6, 6.07) is 3.42. The first-order valence-electron chi connectivity index (χ1n) is 6.36. The summed E-state index contributed by atoms with van der Waals surface area (Å²) in [5, 5.41) is 2.41. The van der Waals surface area contributed by atoms with Gasteiger partial charge in [-0.25, -0.2) is 0 Å². The second-order valence-corrected chi connectivity index (χ2v) is 4.73.